The van der Waals surface area contributed by atoms with E-state index >= 15 is 0 Å². The van der Waals surface area contributed by atoms with Gasteiger partial charge < -0.3 is 19.5 Å². The van der Waals surface area contributed by atoms with Gasteiger partial charge in [0.1, 0.15) is 5.75 Å². The summed E-state index contributed by atoms with van der Waals surface area (Å²) in [5.74, 6) is 1.98. The number of ether oxygens (including phenoxy) is 1. The van der Waals surface area contributed by atoms with Crippen LogP contribution in [0, 0.1) is 0 Å². The molecule has 3 aromatic rings. The Kier molecular flexibility index (Phi) is 5.18. The molecule has 0 bridgehead atoms. The number of nitrogens with one attached hydrogen (secondary N) is 1. The highest BCUT2D eigenvalue weighted by molar-refractivity contribution is 5.75. The number of likely N-dealkylation sites (tertiary alicyclic amines) is 1. The largest absolute Gasteiger partial charge is 0.497 e. The van der Waals surface area contributed by atoms with Crippen LogP contribution in [0.15, 0.2) is 53.3 Å². The van der Waals surface area contributed by atoms with Crippen LogP contribution in [0.1, 0.15) is 17.4 Å². The van der Waals surface area contributed by atoms with Crippen LogP contribution >= 0.6 is 0 Å². The fourth-order valence-electron chi connectivity index (χ4n) is 3.03. The maximum absolute atomic E-state index is 12.2. The van der Waals surface area contributed by atoms with Gasteiger partial charge in [-0.25, -0.2) is 4.79 Å². The first-order valence-corrected chi connectivity index (χ1v) is 9.12. The summed E-state index contributed by atoms with van der Waals surface area (Å²) in [7, 11) is 1.64. The van der Waals surface area contributed by atoms with Crippen LogP contribution in [-0.2, 0) is 6.42 Å². The van der Waals surface area contributed by atoms with E-state index in [9.17, 15) is 4.79 Å². The minimum atomic E-state index is -0.0724. The van der Waals surface area contributed by atoms with Crippen LogP contribution in [0.2, 0.25) is 0 Å². The zero-order valence-corrected chi connectivity index (χ0v) is 15.5. The molecule has 0 radical (unpaired) electrons. The highest BCUT2D eigenvalue weighted by Gasteiger charge is 2.35. The Bertz CT molecular complexity index is 921. The Hall–Kier alpha value is -3.42. The topological polar surface area (TPSA) is 93.4 Å². The van der Waals surface area contributed by atoms with Crippen molar-refractivity contribution in [1.29, 1.82) is 0 Å². The lowest BCUT2D eigenvalue weighted by Crippen LogP contribution is -2.52. The molecule has 8 nitrogen and oxygen atoms in total. The predicted molar refractivity (Wildman–Crippen MR) is 102 cm³/mol. The number of aromatic nitrogens is 3. The molecule has 0 aliphatic carbocycles. The number of urea groups is 1. The molecule has 4 rings (SSSR count). The third kappa shape index (κ3) is 3.95. The number of hydrogen-bond acceptors (Lipinski definition) is 6. The molecule has 0 saturated carbocycles. The highest BCUT2D eigenvalue weighted by Crippen LogP contribution is 2.27. The summed E-state index contributed by atoms with van der Waals surface area (Å²) in [6.07, 6.45) is 4.16. The van der Waals surface area contributed by atoms with Gasteiger partial charge in [0, 0.05) is 37.6 Å². The van der Waals surface area contributed by atoms with E-state index in [0.29, 0.717) is 31.3 Å². The van der Waals surface area contributed by atoms with Crippen molar-refractivity contribution >= 4 is 6.03 Å². The SMILES string of the molecule is COc1ccc(CCNC(=O)N2CC(c3nc(-c4cccnc4)no3)C2)cc1. The number of amides is 2. The monoisotopic (exact) mass is 379 g/mol. The molecular weight excluding hydrogens is 358 g/mol. The Morgan fingerprint density at radius 3 is 2.82 bits per heavy atom. The van der Waals surface area contributed by atoms with Gasteiger partial charge in [-0.05, 0) is 36.2 Å². The average Bonchev–Trinajstić information content (AvgIpc) is 3.18. The number of carbonyl (C=O) groups is 1. The lowest BCUT2D eigenvalue weighted by atomic mass is 10.0. The van der Waals surface area contributed by atoms with Gasteiger partial charge in [-0.1, -0.05) is 17.3 Å². The Balaban J connectivity index is 1.22. The van der Waals surface area contributed by atoms with E-state index in [0.717, 1.165) is 23.3 Å². The fraction of sp³-hybridized carbons (Fsp3) is 0.300. The molecule has 0 atom stereocenters. The molecule has 1 aliphatic heterocycles. The normalized spacial score (nSPS) is 13.8. The summed E-state index contributed by atoms with van der Waals surface area (Å²) < 4.78 is 10.5. The molecule has 28 heavy (non-hydrogen) atoms. The molecule has 1 aliphatic rings. The van der Waals surface area contributed by atoms with Crippen LogP contribution in [0.4, 0.5) is 4.79 Å². The average molecular weight is 379 g/mol. The number of benzene rings is 1. The van der Waals surface area contributed by atoms with Gasteiger partial charge in [0.25, 0.3) is 0 Å². The molecule has 1 aromatic carbocycles. The zero-order chi connectivity index (χ0) is 19.3. The summed E-state index contributed by atoms with van der Waals surface area (Å²) in [4.78, 5) is 22.5. The highest BCUT2D eigenvalue weighted by atomic mass is 16.5. The van der Waals surface area contributed by atoms with Crippen molar-refractivity contribution in [2.75, 3.05) is 26.7 Å². The van der Waals surface area contributed by atoms with Gasteiger partial charge in [-0.3, -0.25) is 4.98 Å². The maximum Gasteiger partial charge on any atom is 0.317 e. The first kappa shape index (κ1) is 18.0. The van der Waals surface area contributed by atoms with Gasteiger partial charge in [-0.2, -0.15) is 4.98 Å². The summed E-state index contributed by atoms with van der Waals surface area (Å²) in [6.45, 7) is 1.73. The molecule has 2 amide bonds. The molecule has 144 valence electrons. The standard InChI is InChI=1S/C20H21N5O3/c1-27-17-6-4-14(5-7-17)8-10-22-20(26)25-12-16(13-25)19-23-18(24-28-19)15-3-2-9-21-11-15/h2-7,9,11,16H,8,10,12-13H2,1H3,(H,22,26). The van der Waals surface area contributed by atoms with E-state index in [2.05, 4.69) is 20.4 Å². The molecule has 1 N–H and O–H groups in total. The number of carbonyl (C=O) groups excluding carboxylic acids is 1. The van der Waals surface area contributed by atoms with Gasteiger partial charge in [-0.15, -0.1) is 0 Å². The molecule has 2 aromatic heterocycles. The second-order valence-corrected chi connectivity index (χ2v) is 6.63. The third-order valence-electron chi connectivity index (χ3n) is 4.73. The van der Waals surface area contributed by atoms with Crippen LogP contribution in [0.3, 0.4) is 0 Å². The molecule has 1 fully saturated rings. The second kappa shape index (κ2) is 8.08. The summed E-state index contributed by atoms with van der Waals surface area (Å²) in [5.41, 5.74) is 1.96. The van der Waals surface area contributed by atoms with Gasteiger partial charge >= 0.3 is 6.03 Å². The van der Waals surface area contributed by atoms with Crippen LogP contribution in [-0.4, -0.2) is 52.8 Å². The predicted octanol–water partition coefficient (Wildman–Crippen LogP) is 2.49. The molecular formula is C20H21N5O3. The van der Waals surface area contributed by atoms with Crippen molar-refractivity contribution in [1.82, 2.24) is 25.3 Å². The number of rotatable bonds is 6. The summed E-state index contributed by atoms with van der Waals surface area (Å²) >= 11 is 0. The smallest absolute Gasteiger partial charge is 0.317 e. The Morgan fingerprint density at radius 2 is 2.11 bits per heavy atom. The van der Waals surface area contributed by atoms with Gasteiger partial charge in [0.05, 0.1) is 13.0 Å². The molecule has 3 heterocycles. The van der Waals surface area contributed by atoms with E-state index in [1.807, 2.05) is 36.4 Å². The number of nitrogens with zero attached hydrogens (tertiary/aromatic N) is 4. The van der Waals surface area contributed by atoms with Crippen molar-refractivity contribution in [3.8, 4) is 17.1 Å². The van der Waals surface area contributed by atoms with Crippen LogP contribution < -0.4 is 10.1 Å². The molecule has 0 spiro atoms. The van der Waals surface area contributed by atoms with E-state index in [1.54, 1.807) is 24.4 Å². The summed E-state index contributed by atoms with van der Waals surface area (Å²) in [5, 5.41) is 6.95. The van der Waals surface area contributed by atoms with Crippen LogP contribution in [0.25, 0.3) is 11.4 Å². The fourth-order valence-corrected chi connectivity index (χ4v) is 3.03. The second-order valence-electron chi connectivity index (χ2n) is 6.63. The molecule has 1 saturated heterocycles. The lowest BCUT2D eigenvalue weighted by molar-refractivity contribution is 0.137. The first-order valence-electron chi connectivity index (χ1n) is 9.12. The lowest BCUT2D eigenvalue weighted by Gasteiger charge is -2.36. The van der Waals surface area contributed by atoms with Crippen molar-refractivity contribution in [2.45, 2.75) is 12.3 Å². The number of pyridine rings is 1. The van der Waals surface area contributed by atoms with Crippen LogP contribution in [0.5, 0.6) is 5.75 Å². The quantitative estimate of drug-likeness (QED) is 0.707. The minimum Gasteiger partial charge on any atom is -0.497 e. The van der Waals surface area contributed by atoms with Gasteiger partial charge in [0.15, 0.2) is 0 Å². The van der Waals surface area contributed by atoms with Crippen molar-refractivity contribution in [3.05, 3.63) is 60.2 Å². The number of methoxy groups -OCH3 is 1. The molecule has 8 heteroatoms. The maximum atomic E-state index is 12.2. The van der Waals surface area contributed by atoms with Gasteiger partial charge in [0.2, 0.25) is 11.7 Å². The minimum absolute atomic E-state index is 0.0724. The molecule has 0 unspecified atom stereocenters. The summed E-state index contributed by atoms with van der Waals surface area (Å²) in [6, 6.07) is 11.5. The number of hydrogen-bond donors (Lipinski definition) is 1. The van der Waals surface area contributed by atoms with E-state index < -0.39 is 0 Å². The van der Waals surface area contributed by atoms with E-state index in [1.165, 1.54) is 0 Å². The third-order valence-corrected chi connectivity index (χ3v) is 4.73. The Labute approximate surface area is 162 Å². The zero-order valence-electron chi connectivity index (χ0n) is 15.5. The van der Waals surface area contributed by atoms with E-state index in [4.69, 9.17) is 9.26 Å². The first-order chi connectivity index (χ1) is 13.7. The van der Waals surface area contributed by atoms with E-state index in [-0.39, 0.29) is 11.9 Å². The Morgan fingerprint density at radius 1 is 1.29 bits per heavy atom. The van der Waals surface area contributed by atoms with Crippen molar-refractivity contribution in [3.63, 3.8) is 0 Å². The van der Waals surface area contributed by atoms with Crippen molar-refractivity contribution < 1.29 is 14.1 Å². The van der Waals surface area contributed by atoms with Crippen molar-refractivity contribution in [2.24, 2.45) is 0 Å².